The highest BCUT2D eigenvalue weighted by Crippen LogP contribution is 2.48. The third-order valence-corrected chi connectivity index (χ3v) is 21.8. The molecule has 9 heteroatoms. The largest absolute Gasteiger partial charge is 0.500 e. The lowest BCUT2D eigenvalue weighted by Crippen LogP contribution is -2.64. The molecule has 2 atom stereocenters. The molecule has 0 fully saturated rings. The molecule has 24 heavy (non-hydrogen) atoms. The minimum absolute atomic E-state index is 0.125. The molecule has 0 radical (unpaired) electrons. The van der Waals surface area contributed by atoms with Crippen molar-refractivity contribution < 1.29 is 26.6 Å². The second-order valence-electron chi connectivity index (χ2n) is 5.92. The quantitative estimate of drug-likeness (QED) is 0.446. The van der Waals surface area contributed by atoms with Gasteiger partial charge in [0.15, 0.2) is 0 Å². The van der Waals surface area contributed by atoms with Gasteiger partial charge < -0.3 is 26.6 Å². The summed E-state index contributed by atoms with van der Waals surface area (Å²) in [5.74, 6) is 0. The van der Waals surface area contributed by atoms with E-state index in [1.54, 1.807) is 42.7 Å². The van der Waals surface area contributed by atoms with Crippen LogP contribution in [0.4, 0.5) is 0 Å². The number of hydrogen-bond donors (Lipinski definition) is 0. The van der Waals surface area contributed by atoms with Crippen LogP contribution in [0.5, 0.6) is 0 Å². The first-order valence-electron chi connectivity index (χ1n) is 8.26. The molecule has 6 nitrogen and oxygen atoms in total. The van der Waals surface area contributed by atoms with E-state index in [9.17, 15) is 0 Å². The molecule has 0 aliphatic rings. The van der Waals surface area contributed by atoms with E-state index in [1.165, 1.54) is 0 Å². The lowest BCUT2D eigenvalue weighted by Gasteiger charge is -2.48. The van der Waals surface area contributed by atoms with Crippen LogP contribution in [-0.2, 0) is 26.6 Å². The molecular formula is C15H36O6Si3. The Hall–Kier alpha value is 0.151. The van der Waals surface area contributed by atoms with Crippen LogP contribution in [0.1, 0.15) is 26.7 Å². The molecule has 0 aromatic carbocycles. The third kappa shape index (κ3) is 4.10. The molecule has 0 rings (SSSR count). The summed E-state index contributed by atoms with van der Waals surface area (Å²) in [6.07, 6.45) is 1.74. The van der Waals surface area contributed by atoms with Crippen LogP contribution >= 0.6 is 0 Å². The van der Waals surface area contributed by atoms with Crippen LogP contribution in [0, 0.1) is 0 Å². The first-order valence-corrected chi connectivity index (χ1v) is 14.6. The maximum Gasteiger partial charge on any atom is 0.500 e. The van der Waals surface area contributed by atoms with E-state index in [4.69, 9.17) is 26.6 Å². The van der Waals surface area contributed by atoms with Gasteiger partial charge in [-0.25, -0.2) is 0 Å². The van der Waals surface area contributed by atoms with Crippen molar-refractivity contribution in [2.45, 2.75) is 43.6 Å². The SMILES string of the molecule is C=C[Si](C)(C(CC)[Si](OC)(OC)OC)C(CC)[Si](OC)(OC)OC. The lowest BCUT2D eigenvalue weighted by atomic mass is 10.5. The van der Waals surface area contributed by atoms with Gasteiger partial charge in [-0.1, -0.05) is 33.2 Å². The van der Waals surface area contributed by atoms with Crippen molar-refractivity contribution in [1.82, 2.24) is 0 Å². The molecule has 0 saturated carbocycles. The molecule has 0 bridgehead atoms. The Kier molecular flexibility index (Phi) is 10.4. The van der Waals surface area contributed by atoms with Crippen molar-refractivity contribution in [2.24, 2.45) is 0 Å². The van der Waals surface area contributed by atoms with E-state index in [1.807, 2.05) is 0 Å². The molecule has 0 aromatic heterocycles. The van der Waals surface area contributed by atoms with Gasteiger partial charge in [0.25, 0.3) is 0 Å². The Bertz CT molecular complexity index is 330. The van der Waals surface area contributed by atoms with Gasteiger partial charge in [-0.2, -0.15) is 0 Å². The van der Waals surface area contributed by atoms with Crippen LogP contribution in [0.25, 0.3) is 0 Å². The zero-order valence-corrected chi connectivity index (χ0v) is 19.8. The van der Waals surface area contributed by atoms with E-state index in [0.29, 0.717) is 0 Å². The fraction of sp³-hybridized carbons (Fsp3) is 0.867. The number of rotatable bonds is 13. The molecule has 0 aliphatic heterocycles. The normalized spacial score (nSPS) is 18.0. The monoisotopic (exact) mass is 396 g/mol. The number of hydrogen-bond acceptors (Lipinski definition) is 6. The molecule has 0 N–H and O–H groups in total. The highest BCUT2D eigenvalue weighted by Gasteiger charge is 2.63. The molecule has 0 aromatic rings. The van der Waals surface area contributed by atoms with Crippen LogP contribution in [0.3, 0.4) is 0 Å². The fourth-order valence-electron chi connectivity index (χ4n) is 4.02. The van der Waals surface area contributed by atoms with Crippen molar-refractivity contribution in [1.29, 1.82) is 0 Å². The van der Waals surface area contributed by atoms with Crippen molar-refractivity contribution in [3.8, 4) is 0 Å². The molecule has 0 heterocycles. The summed E-state index contributed by atoms with van der Waals surface area (Å²) in [6.45, 7) is 10.7. The Balaban J connectivity index is 6.31. The minimum atomic E-state index is -2.85. The van der Waals surface area contributed by atoms with E-state index in [2.05, 4.69) is 32.7 Å². The van der Waals surface area contributed by atoms with Gasteiger partial charge in [0, 0.05) is 53.0 Å². The van der Waals surface area contributed by atoms with Gasteiger partial charge in [-0.15, -0.1) is 12.3 Å². The summed E-state index contributed by atoms with van der Waals surface area (Å²) in [4.78, 5) is 0. The zero-order chi connectivity index (χ0) is 19.0. The summed E-state index contributed by atoms with van der Waals surface area (Å²) in [5, 5.41) is 0.250. The van der Waals surface area contributed by atoms with Crippen molar-refractivity contribution in [3.05, 3.63) is 12.3 Å². The van der Waals surface area contributed by atoms with E-state index >= 15 is 0 Å². The summed E-state index contributed by atoms with van der Waals surface area (Å²) >= 11 is 0. The second kappa shape index (κ2) is 10.3. The smallest absolute Gasteiger partial charge is 0.377 e. The molecule has 144 valence electrons. The van der Waals surface area contributed by atoms with Gasteiger partial charge in [-0.05, 0) is 0 Å². The minimum Gasteiger partial charge on any atom is -0.377 e. The summed E-state index contributed by atoms with van der Waals surface area (Å²) in [7, 11) is 2.02. The molecule has 0 spiro atoms. The van der Waals surface area contributed by atoms with Crippen LogP contribution in [0.15, 0.2) is 12.3 Å². The third-order valence-electron chi connectivity index (χ3n) is 5.32. The first-order chi connectivity index (χ1) is 11.3. The van der Waals surface area contributed by atoms with Gasteiger partial charge in [-0.3, -0.25) is 0 Å². The first kappa shape index (κ1) is 24.2. The summed E-state index contributed by atoms with van der Waals surface area (Å²) in [6, 6.07) is 0. The zero-order valence-electron chi connectivity index (χ0n) is 16.8. The summed E-state index contributed by atoms with van der Waals surface area (Å²) < 4.78 is 34.9. The van der Waals surface area contributed by atoms with Gasteiger partial charge in [0.2, 0.25) is 0 Å². The van der Waals surface area contributed by atoms with Crippen molar-refractivity contribution in [2.75, 3.05) is 42.7 Å². The van der Waals surface area contributed by atoms with Crippen LogP contribution < -0.4 is 0 Å². The highest BCUT2D eigenvalue weighted by molar-refractivity contribution is 7.02. The Morgan fingerprint density at radius 2 is 0.958 bits per heavy atom. The predicted molar refractivity (Wildman–Crippen MR) is 103 cm³/mol. The average molecular weight is 397 g/mol. The maximum atomic E-state index is 5.82. The van der Waals surface area contributed by atoms with Gasteiger partial charge in [0.1, 0.15) is 0 Å². The standard InChI is InChI=1S/C15H36O6Si3/c1-11-14(23(16-4,17-5)18-6)22(10,13-3)15(12-2)24(19-7,20-8)21-9/h13-15H,3,11-12H2,1-2,4-10H3. The van der Waals surface area contributed by atoms with Gasteiger partial charge in [0.05, 0.1) is 8.07 Å². The van der Waals surface area contributed by atoms with Crippen molar-refractivity contribution in [3.63, 3.8) is 0 Å². The van der Waals surface area contributed by atoms with E-state index < -0.39 is 25.7 Å². The molecular weight excluding hydrogens is 360 g/mol. The topological polar surface area (TPSA) is 55.4 Å². The van der Waals surface area contributed by atoms with E-state index in [-0.39, 0.29) is 10.3 Å². The second-order valence-corrected chi connectivity index (χ2v) is 17.9. The Morgan fingerprint density at radius 3 is 1.08 bits per heavy atom. The van der Waals surface area contributed by atoms with Gasteiger partial charge >= 0.3 is 17.6 Å². The molecule has 0 amide bonds. The Morgan fingerprint density at radius 1 is 0.708 bits per heavy atom. The molecule has 0 aliphatic carbocycles. The predicted octanol–water partition coefficient (Wildman–Crippen LogP) is 3.19. The van der Waals surface area contributed by atoms with E-state index in [0.717, 1.165) is 12.8 Å². The van der Waals surface area contributed by atoms with Crippen LogP contribution in [-0.4, -0.2) is 68.3 Å². The summed E-state index contributed by atoms with van der Waals surface area (Å²) in [5.41, 5.74) is 2.09. The average Bonchev–Trinajstić information content (AvgIpc) is 2.63. The van der Waals surface area contributed by atoms with Crippen molar-refractivity contribution >= 4 is 25.7 Å². The fourth-order valence-corrected chi connectivity index (χ4v) is 21.2. The lowest BCUT2D eigenvalue weighted by molar-refractivity contribution is 0.113. The van der Waals surface area contributed by atoms with Crippen LogP contribution in [0.2, 0.25) is 16.9 Å². The Labute approximate surface area is 151 Å². The molecule has 2 unspecified atom stereocenters. The maximum absolute atomic E-state index is 5.82. The highest BCUT2D eigenvalue weighted by atomic mass is 28.5. The molecule has 0 saturated heterocycles.